The van der Waals surface area contributed by atoms with Crippen molar-refractivity contribution >= 4 is 15.1 Å². The second kappa shape index (κ2) is 4.13. The third kappa shape index (κ3) is 2.01. The summed E-state index contributed by atoms with van der Waals surface area (Å²) in [5.41, 5.74) is 6.46. The van der Waals surface area contributed by atoms with Crippen LogP contribution in [0, 0.1) is 13.8 Å². The molecular weight excluding hydrogens is 230 g/mol. The zero-order valence-corrected chi connectivity index (χ0v) is 10.1. The standard InChI is InChI=1S/C10H13NO4S/c1-6-4-8(15-3)9(5-7(6)2)16(13,14)10(11)12/h4-5H,1-3H3,(H2,11,12). The van der Waals surface area contributed by atoms with E-state index in [2.05, 4.69) is 0 Å². The Morgan fingerprint density at radius 3 is 2.19 bits per heavy atom. The molecular formula is C10H13NO4S. The number of sulfone groups is 1. The number of hydrogen-bond acceptors (Lipinski definition) is 4. The van der Waals surface area contributed by atoms with Crippen LogP contribution < -0.4 is 10.5 Å². The first-order valence-electron chi connectivity index (χ1n) is 4.50. The highest BCUT2D eigenvalue weighted by molar-refractivity contribution is 8.06. The Morgan fingerprint density at radius 1 is 1.25 bits per heavy atom. The van der Waals surface area contributed by atoms with E-state index in [1.165, 1.54) is 13.2 Å². The number of carbonyl (C=O) groups excluding carboxylic acids is 1. The van der Waals surface area contributed by atoms with Crippen LogP contribution in [0.3, 0.4) is 0 Å². The second-order valence-electron chi connectivity index (χ2n) is 3.41. The van der Waals surface area contributed by atoms with Gasteiger partial charge in [-0.2, -0.15) is 0 Å². The van der Waals surface area contributed by atoms with Crippen LogP contribution in [0.1, 0.15) is 11.1 Å². The molecule has 0 aromatic heterocycles. The van der Waals surface area contributed by atoms with Gasteiger partial charge in [-0.05, 0) is 37.1 Å². The zero-order valence-electron chi connectivity index (χ0n) is 9.27. The molecule has 0 radical (unpaired) electrons. The highest BCUT2D eigenvalue weighted by atomic mass is 32.2. The molecule has 1 amide bonds. The van der Waals surface area contributed by atoms with Crippen molar-refractivity contribution in [3.63, 3.8) is 0 Å². The number of hydrogen-bond donors (Lipinski definition) is 1. The van der Waals surface area contributed by atoms with Crippen LogP contribution in [0.25, 0.3) is 0 Å². The van der Waals surface area contributed by atoms with E-state index in [0.29, 0.717) is 0 Å². The van der Waals surface area contributed by atoms with E-state index in [-0.39, 0.29) is 10.6 Å². The van der Waals surface area contributed by atoms with E-state index in [1.807, 2.05) is 6.92 Å². The molecule has 0 heterocycles. The molecule has 2 N–H and O–H groups in total. The van der Waals surface area contributed by atoms with Crippen molar-refractivity contribution in [1.29, 1.82) is 0 Å². The highest BCUT2D eigenvalue weighted by Crippen LogP contribution is 2.28. The van der Waals surface area contributed by atoms with Crippen LogP contribution in [0.15, 0.2) is 17.0 Å². The van der Waals surface area contributed by atoms with Gasteiger partial charge in [0.15, 0.2) is 0 Å². The van der Waals surface area contributed by atoms with Gasteiger partial charge in [0.25, 0.3) is 9.84 Å². The van der Waals surface area contributed by atoms with Gasteiger partial charge in [0, 0.05) is 0 Å². The van der Waals surface area contributed by atoms with E-state index in [0.717, 1.165) is 11.1 Å². The maximum Gasteiger partial charge on any atom is 0.338 e. The summed E-state index contributed by atoms with van der Waals surface area (Å²) >= 11 is 0. The van der Waals surface area contributed by atoms with Gasteiger partial charge in [-0.1, -0.05) is 0 Å². The summed E-state index contributed by atoms with van der Waals surface area (Å²) in [5.74, 6) is 0.127. The molecule has 0 aliphatic heterocycles. The average molecular weight is 243 g/mol. The molecule has 16 heavy (non-hydrogen) atoms. The lowest BCUT2D eigenvalue weighted by Gasteiger charge is -2.10. The number of aryl methyl sites for hydroxylation is 2. The fourth-order valence-electron chi connectivity index (χ4n) is 1.24. The molecule has 88 valence electrons. The predicted octanol–water partition coefficient (Wildman–Crippen LogP) is 1.16. The minimum absolute atomic E-state index is 0.127. The maximum absolute atomic E-state index is 11.6. The highest BCUT2D eigenvalue weighted by Gasteiger charge is 2.26. The fraction of sp³-hybridized carbons (Fsp3) is 0.300. The van der Waals surface area contributed by atoms with E-state index in [9.17, 15) is 13.2 Å². The van der Waals surface area contributed by atoms with E-state index >= 15 is 0 Å². The lowest BCUT2D eigenvalue weighted by atomic mass is 10.1. The number of rotatable bonds is 2. The van der Waals surface area contributed by atoms with Gasteiger partial charge in [-0.3, -0.25) is 4.79 Å². The maximum atomic E-state index is 11.6. The van der Waals surface area contributed by atoms with E-state index in [4.69, 9.17) is 10.5 Å². The Morgan fingerprint density at radius 2 is 1.75 bits per heavy atom. The number of carbonyl (C=O) groups is 1. The van der Waals surface area contributed by atoms with Gasteiger partial charge in [0.2, 0.25) is 0 Å². The third-order valence-corrected chi connectivity index (χ3v) is 3.76. The minimum Gasteiger partial charge on any atom is -0.495 e. The molecule has 0 fully saturated rings. The molecule has 0 unspecified atom stereocenters. The molecule has 0 aliphatic rings. The van der Waals surface area contributed by atoms with Crippen molar-refractivity contribution in [2.45, 2.75) is 18.7 Å². The molecule has 5 nitrogen and oxygen atoms in total. The van der Waals surface area contributed by atoms with Gasteiger partial charge < -0.3 is 10.5 Å². The number of ether oxygens (including phenoxy) is 1. The molecule has 0 spiro atoms. The van der Waals surface area contributed by atoms with Gasteiger partial charge in [0.05, 0.1) is 7.11 Å². The summed E-state index contributed by atoms with van der Waals surface area (Å²) in [6.07, 6.45) is 0. The van der Waals surface area contributed by atoms with Crippen molar-refractivity contribution < 1.29 is 17.9 Å². The lowest BCUT2D eigenvalue weighted by Crippen LogP contribution is -2.22. The number of nitrogens with two attached hydrogens (primary N) is 1. The van der Waals surface area contributed by atoms with E-state index in [1.54, 1.807) is 13.0 Å². The summed E-state index contributed by atoms with van der Waals surface area (Å²) in [4.78, 5) is 10.7. The molecule has 1 aromatic rings. The van der Waals surface area contributed by atoms with Crippen LogP contribution in [0.4, 0.5) is 4.79 Å². The van der Waals surface area contributed by atoms with Crippen molar-refractivity contribution in [1.82, 2.24) is 0 Å². The summed E-state index contributed by atoms with van der Waals surface area (Å²) in [6, 6.07) is 2.94. The number of methoxy groups -OCH3 is 1. The quantitative estimate of drug-likeness (QED) is 0.844. The Labute approximate surface area is 94.1 Å². The van der Waals surface area contributed by atoms with Crippen LogP contribution in [-0.2, 0) is 9.84 Å². The van der Waals surface area contributed by atoms with Gasteiger partial charge in [0.1, 0.15) is 10.6 Å². The van der Waals surface area contributed by atoms with Crippen LogP contribution in [-0.4, -0.2) is 20.8 Å². The molecule has 1 aromatic carbocycles. The molecule has 0 saturated heterocycles. The summed E-state index contributed by atoms with van der Waals surface area (Å²) < 4.78 is 28.2. The largest absolute Gasteiger partial charge is 0.495 e. The predicted molar refractivity (Wildman–Crippen MR) is 59.2 cm³/mol. The molecule has 0 aliphatic carbocycles. The number of primary amides is 1. The first-order valence-corrected chi connectivity index (χ1v) is 5.98. The summed E-state index contributed by atoms with van der Waals surface area (Å²) in [5, 5.41) is -1.38. The van der Waals surface area contributed by atoms with Gasteiger partial charge in [-0.25, -0.2) is 8.42 Å². The first-order chi connectivity index (χ1) is 7.30. The number of amides is 1. The summed E-state index contributed by atoms with van der Waals surface area (Å²) in [6.45, 7) is 3.56. The Hall–Kier alpha value is -1.56. The molecule has 6 heteroatoms. The lowest BCUT2D eigenvalue weighted by molar-refractivity contribution is 0.265. The van der Waals surface area contributed by atoms with Crippen molar-refractivity contribution in [3.8, 4) is 5.75 Å². The molecule has 1 rings (SSSR count). The molecule has 0 saturated carbocycles. The normalized spacial score (nSPS) is 11.2. The van der Waals surface area contributed by atoms with Gasteiger partial charge >= 0.3 is 5.24 Å². The minimum atomic E-state index is -4.15. The van der Waals surface area contributed by atoms with E-state index < -0.39 is 15.1 Å². The molecule has 0 bridgehead atoms. The smallest absolute Gasteiger partial charge is 0.338 e. The van der Waals surface area contributed by atoms with Crippen molar-refractivity contribution in [2.75, 3.05) is 7.11 Å². The topological polar surface area (TPSA) is 86.5 Å². The number of benzene rings is 1. The van der Waals surface area contributed by atoms with Crippen molar-refractivity contribution in [3.05, 3.63) is 23.3 Å². The Kier molecular flexibility index (Phi) is 3.23. The third-order valence-electron chi connectivity index (χ3n) is 2.33. The first kappa shape index (κ1) is 12.5. The van der Waals surface area contributed by atoms with Crippen LogP contribution >= 0.6 is 0 Å². The van der Waals surface area contributed by atoms with Crippen LogP contribution in [0.5, 0.6) is 5.75 Å². The SMILES string of the molecule is COc1cc(C)c(C)cc1S(=O)(=O)C(N)=O. The van der Waals surface area contributed by atoms with Crippen molar-refractivity contribution in [2.24, 2.45) is 5.73 Å². The second-order valence-corrected chi connectivity index (χ2v) is 5.26. The monoisotopic (exact) mass is 243 g/mol. The summed E-state index contributed by atoms with van der Waals surface area (Å²) in [7, 11) is -2.81. The Bertz CT molecular complexity index is 534. The fourth-order valence-corrected chi connectivity index (χ4v) is 2.20. The molecule has 0 atom stereocenters. The van der Waals surface area contributed by atoms with Crippen LogP contribution in [0.2, 0.25) is 0 Å². The average Bonchev–Trinajstić information content (AvgIpc) is 2.20. The van der Waals surface area contributed by atoms with Gasteiger partial charge in [-0.15, -0.1) is 0 Å². The Balaban J connectivity index is 3.57. The zero-order chi connectivity index (χ0) is 12.5.